The molecule has 156 valence electrons. The monoisotopic (exact) mass is 416 g/mol. The van der Waals surface area contributed by atoms with Gasteiger partial charge in [0.15, 0.2) is 0 Å². The van der Waals surface area contributed by atoms with Crippen LogP contribution in [0.4, 0.5) is 5.69 Å². The number of rotatable bonds is 7. The molecule has 0 spiro atoms. The van der Waals surface area contributed by atoms with Crippen LogP contribution >= 0.6 is 0 Å². The largest absolute Gasteiger partial charge is 0.492 e. The molecule has 0 aliphatic heterocycles. The Kier molecular flexibility index (Phi) is 7.21. The number of nitrogens with one attached hydrogen (secondary N) is 1. The number of sulfonamides is 1. The fraction of sp³-hybridized carbons (Fsp3) is 0.318. The summed E-state index contributed by atoms with van der Waals surface area (Å²) in [6, 6.07) is 8.69. The first kappa shape index (κ1) is 22.6. The van der Waals surface area contributed by atoms with Crippen LogP contribution in [0.25, 0.3) is 6.08 Å². The molecule has 29 heavy (non-hydrogen) atoms. The lowest BCUT2D eigenvalue weighted by Crippen LogP contribution is -2.23. The highest BCUT2D eigenvalue weighted by Gasteiger charge is 2.23. The van der Waals surface area contributed by atoms with Crippen molar-refractivity contribution in [3.8, 4) is 5.75 Å². The number of amides is 1. The Morgan fingerprint density at radius 2 is 1.72 bits per heavy atom. The zero-order valence-electron chi connectivity index (χ0n) is 17.7. The fourth-order valence-corrected chi connectivity index (χ4v) is 3.82. The molecule has 0 aromatic heterocycles. The van der Waals surface area contributed by atoms with Gasteiger partial charge in [0.05, 0.1) is 6.61 Å². The van der Waals surface area contributed by atoms with Crippen LogP contribution in [0.3, 0.4) is 0 Å². The molecule has 6 nitrogen and oxygen atoms in total. The molecular formula is C22H28N2O4S. The lowest BCUT2D eigenvalue weighted by molar-refractivity contribution is -0.111. The van der Waals surface area contributed by atoms with Gasteiger partial charge in [-0.05, 0) is 74.2 Å². The number of anilines is 1. The maximum absolute atomic E-state index is 12.6. The van der Waals surface area contributed by atoms with Crippen LogP contribution in [-0.4, -0.2) is 39.3 Å². The predicted molar refractivity (Wildman–Crippen MR) is 117 cm³/mol. The molecule has 0 bridgehead atoms. The van der Waals surface area contributed by atoms with Crippen LogP contribution in [0.2, 0.25) is 0 Å². The van der Waals surface area contributed by atoms with Gasteiger partial charge in [0.2, 0.25) is 15.9 Å². The van der Waals surface area contributed by atoms with E-state index in [2.05, 4.69) is 11.4 Å². The molecule has 2 rings (SSSR count). The highest BCUT2D eigenvalue weighted by atomic mass is 32.2. The standard InChI is InChI=1S/C22H28N2O4S/c1-7-28-20-10-9-19(14-21(20)29(26,27)24(5)6)23-22(25)11-8-18-13-16(3)15(2)12-17(18)4/h8-14H,7H2,1-6H3,(H,23,25)/b11-8+. The minimum Gasteiger partial charge on any atom is -0.492 e. The van der Waals surface area contributed by atoms with Gasteiger partial charge < -0.3 is 10.1 Å². The number of carbonyl (C=O) groups is 1. The molecule has 1 amide bonds. The summed E-state index contributed by atoms with van der Waals surface area (Å²) in [6.45, 7) is 8.18. The molecule has 2 aromatic carbocycles. The summed E-state index contributed by atoms with van der Waals surface area (Å²) in [4.78, 5) is 12.4. The lowest BCUT2D eigenvalue weighted by Gasteiger charge is -2.16. The van der Waals surface area contributed by atoms with Crippen LogP contribution in [-0.2, 0) is 14.8 Å². The van der Waals surface area contributed by atoms with Crippen LogP contribution in [0.1, 0.15) is 29.2 Å². The number of hydrogen-bond acceptors (Lipinski definition) is 4. The highest BCUT2D eigenvalue weighted by molar-refractivity contribution is 7.89. The third-order valence-corrected chi connectivity index (χ3v) is 6.40. The van der Waals surface area contributed by atoms with Crippen LogP contribution in [0.5, 0.6) is 5.75 Å². The number of hydrogen-bond donors (Lipinski definition) is 1. The zero-order valence-corrected chi connectivity index (χ0v) is 18.6. The van der Waals surface area contributed by atoms with E-state index in [1.165, 1.54) is 31.8 Å². The van der Waals surface area contributed by atoms with Crippen molar-refractivity contribution < 1.29 is 17.9 Å². The molecule has 7 heteroatoms. The second-order valence-electron chi connectivity index (χ2n) is 7.00. The molecule has 2 aromatic rings. The average molecular weight is 417 g/mol. The van der Waals surface area contributed by atoms with Crippen molar-refractivity contribution in [2.75, 3.05) is 26.0 Å². The summed E-state index contributed by atoms with van der Waals surface area (Å²) in [5, 5.41) is 2.71. The van der Waals surface area contributed by atoms with Crippen molar-refractivity contribution in [2.45, 2.75) is 32.6 Å². The van der Waals surface area contributed by atoms with E-state index in [1.807, 2.05) is 26.8 Å². The molecule has 0 unspecified atom stereocenters. The van der Waals surface area contributed by atoms with E-state index in [0.717, 1.165) is 21.0 Å². The number of nitrogens with zero attached hydrogens (tertiary/aromatic N) is 1. The third kappa shape index (κ3) is 5.46. The maximum Gasteiger partial charge on any atom is 0.248 e. The Labute approximate surface area is 173 Å². The number of benzene rings is 2. The molecule has 0 fully saturated rings. The van der Waals surface area contributed by atoms with Gasteiger partial charge in [-0.1, -0.05) is 12.1 Å². The Balaban J connectivity index is 2.28. The van der Waals surface area contributed by atoms with Gasteiger partial charge in [-0.15, -0.1) is 0 Å². The Bertz CT molecular complexity index is 1040. The van der Waals surface area contributed by atoms with Crippen LogP contribution in [0, 0.1) is 20.8 Å². The Hall–Kier alpha value is -2.64. The summed E-state index contributed by atoms with van der Waals surface area (Å²) in [6.07, 6.45) is 3.19. The van der Waals surface area contributed by atoms with Gasteiger partial charge in [-0.2, -0.15) is 0 Å². The van der Waals surface area contributed by atoms with E-state index in [0.29, 0.717) is 12.3 Å². The number of aryl methyl sites for hydroxylation is 3. The van der Waals surface area contributed by atoms with E-state index in [-0.39, 0.29) is 16.6 Å². The molecule has 0 radical (unpaired) electrons. The second-order valence-corrected chi connectivity index (χ2v) is 9.12. The summed E-state index contributed by atoms with van der Waals surface area (Å²) in [5.74, 6) is -0.0968. The van der Waals surface area contributed by atoms with Crippen molar-refractivity contribution in [1.29, 1.82) is 0 Å². The van der Waals surface area contributed by atoms with E-state index in [4.69, 9.17) is 4.74 Å². The summed E-state index contributed by atoms with van der Waals surface area (Å²) in [5.41, 5.74) is 4.78. The molecule has 0 aliphatic rings. The van der Waals surface area contributed by atoms with Gasteiger partial charge in [0, 0.05) is 25.9 Å². The van der Waals surface area contributed by atoms with Crippen molar-refractivity contribution in [2.24, 2.45) is 0 Å². The molecular weight excluding hydrogens is 388 g/mol. The van der Waals surface area contributed by atoms with Gasteiger partial charge in [0.1, 0.15) is 10.6 Å². The number of ether oxygens (including phenoxy) is 1. The SMILES string of the molecule is CCOc1ccc(NC(=O)/C=C/c2cc(C)c(C)cc2C)cc1S(=O)(=O)N(C)C. The van der Waals surface area contributed by atoms with E-state index in [1.54, 1.807) is 25.1 Å². The Morgan fingerprint density at radius 1 is 1.07 bits per heavy atom. The quantitative estimate of drug-likeness (QED) is 0.695. The van der Waals surface area contributed by atoms with Gasteiger partial charge in [-0.3, -0.25) is 4.79 Å². The minimum absolute atomic E-state index is 0.0103. The third-order valence-electron chi connectivity index (χ3n) is 4.57. The minimum atomic E-state index is -3.72. The summed E-state index contributed by atoms with van der Waals surface area (Å²) >= 11 is 0. The average Bonchev–Trinajstić information content (AvgIpc) is 2.64. The molecule has 0 aliphatic carbocycles. The first-order valence-corrected chi connectivity index (χ1v) is 10.8. The smallest absolute Gasteiger partial charge is 0.248 e. The highest BCUT2D eigenvalue weighted by Crippen LogP contribution is 2.29. The lowest BCUT2D eigenvalue weighted by atomic mass is 10.0. The molecule has 0 atom stereocenters. The zero-order chi connectivity index (χ0) is 21.8. The molecule has 0 heterocycles. The maximum atomic E-state index is 12.6. The van der Waals surface area contributed by atoms with Crippen LogP contribution in [0.15, 0.2) is 41.3 Å². The van der Waals surface area contributed by atoms with Crippen molar-refractivity contribution in [1.82, 2.24) is 4.31 Å². The molecule has 1 N–H and O–H groups in total. The van der Waals surface area contributed by atoms with Crippen molar-refractivity contribution in [3.63, 3.8) is 0 Å². The topological polar surface area (TPSA) is 75.7 Å². The summed E-state index contributed by atoms with van der Waals surface area (Å²) in [7, 11) is -0.820. The molecule has 0 saturated carbocycles. The van der Waals surface area contributed by atoms with Gasteiger partial charge in [-0.25, -0.2) is 12.7 Å². The first-order valence-electron chi connectivity index (χ1n) is 9.32. The summed E-state index contributed by atoms with van der Waals surface area (Å²) < 4.78 is 31.7. The van der Waals surface area contributed by atoms with Gasteiger partial charge >= 0.3 is 0 Å². The fourth-order valence-electron chi connectivity index (χ4n) is 2.77. The predicted octanol–water partition coefficient (Wildman–Crippen LogP) is 3.91. The second kappa shape index (κ2) is 9.24. The van der Waals surface area contributed by atoms with Crippen molar-refractivity contribution in [3.05, 3.63) is 58.7 Å². The Morgan fingerprint density at radius 3 is 2.34 bits per heavy atom. The normalized spacial score (nSPS) is 11.8. The van der Waals surface area contributed by atoms with Gasteiger partial charge in [0.25, 0.3) is 0 Å². The van der Waals surface area contributed by atoms with E-state index in [9.17, 15) is 13.2 Å². The molecule has 0 saturated heterocycles. The van der Waals surface area contributed by atoms with E-state index >= 15 is 0 Å². The van der Waals surface area contributed by atoms with E-state index < -0.39 is 10.0 Å². The van der Waals surface area contributed by atoms with Crippen molar-refractivity contribution >= 4 is 27.7 Å². The first-order chi connectivity index (χ1) is 13.6. The number of carbonyl (C=O) groups excluding carboxylic acids is 1. The van der Waals surface area contributed by atoms with Crippen LogP contribution < -0.4 is 10.1 Å².